The van der Waals surface area contributed by atoms with Crippen LogP contribution < -0.4 is 14.4 Å². The average molecular weight is 421 g/mol. The van der Waals surface area contributed by atoms with Gasteiger partial charge in [0.05, 0.1) is 31.2 Å². The van der Waals surface area contributed by atoms with E-state index in [0.717, 1.165) is 35.5 Å². The summed E-state index contributed by atoms with van der Waals surface area (Å²) in [7, 11) is 1.64. The van der Waals surface area contributed by atoms with Crippen molar-refractivity contribution in [3.05, 3.63) is 53.6 Å². The van der Waals surface area contributed by atoms with Gasteiger partial charge in [0.1, 0.15) is 18.1 Å². The normalized spacial score (nSPS) is 24.5. The summed E-state index contributed by atoms with van der Waals surface area (Å²) < 4.78 is 11.1. The number of anilines is 1. The third-order valence-electron chi connectivity index (χ3n) is 6.48. The number of hydrogen-bond donors (Lipinski definition) is 1. The van der Waals surface area contributed by atoms with Gasteiger partial charge in [0.25, 0.3) is 0 Å². The summed E-state index contributed by atoms with van der Waals surface area (Å²) in [5, 5.41) is 19.5. The monoisotopic (exact) mass is 420 g/mol. The molecule has 1 aliphatic heterocycles. The lowest BCUT2D eigenvalue weighted by atomic mass is 9.91. The Bertz CT molecular complexity index is 982. The van der Waals surface area contributed by atoms with E-state index in [-0.39, 0.29) is 36.4 Å². The van der Waals surface area contributed by atoms with Gasteiger partial charge in [0.15, 0.2) is 5.78 Å². The summed E-state index contributed by atoms with van der Waals surface area (Å²) in [6, 6.07) is 15.9. The van der Waals surface area contributed by atoms with Crippen molar-refractivity contribution in [1.29, 1.82) is 5.26 Å². The first-order chi connectivity index (χ1) is 15.0. The molecule has 0 bridgehead atoms. The Kier molecular flexibility index (Phi) is 6.15. The van der Waals surface area contributed by atoms with Gasteiger partial charge >= 0.3 is 0 Å². The molecule has 3 unspecified atom stereocenters. The zero-order valence-electron chi connectivity index (χ0n) is 18.0. The third-order valence-corrected chi connectivity index (χ3v) is 6.48. The summed E-state index contributed by atoms with van der Waals surface area (Å²) in [5.41, 5.74) is 3.07. The predicted molar refractivity (Wildman–Crippen MR) is 117 cm³/mol. The molecule has 1 aliphatic carbocycles. The molecule has 1 saturated carbocycles. The molecule has 0 spiro atoms. The zero-order valence-corrected chi connectivity index (χ0v) is 18.0. The largest absolute Gasteiger partial charge is 0.497 e. The molecule has 1 N–H and O–H groups in total. The smallest absolute Gasteiger partial charge is 0.173 e. The van der Waals surface area contributed by atoms with E-state index in [0.29, 0.717) is 18.6 Å². The van der Waals surface area contributed by atoms with Crippen LogP contribution in [0.3, 0.4) is 0 Å². The van der Waals surface area contributed by atoms with Crippen LogP contribution in [0.1, 0.15) is 49.3 Å². The van der Waals surface area contributed by atoms with Crippen LogP contribution in [-0.2, 0) is 4.79 Å². The van der Waals surface area contributed by atoms with E-state index in [1.54, 1.807) is 7.11 Å². The van der Waals surface area contributed by atoms with Crippen molar-refractivity contribution in [3.8, 4) is 17.6 Å². The standard InChI is InChI=1S/C25H28N2O4/c1-3-27-23-13-20(30-2)10-11-21(23)22(14-26)25(27)16-5-8-19(9-6-16)31-15-24(29)17-4-7-18(28)12-17/h5-6,8-11,13,17-18,22,25,28H,3-4,7,12,15H2,1-2H3/t17?,18-,22?,25?/m0/s1. The minimum atomic E-state index is -0.363. The number of ether oxygens (including phenoxy) is 2. The molecule has 162 valence electrons. The van der Waals surface area contributed by atoms with Crippen molar-refractivity contribution in [2.24, 2.45) is 5.92 Å². The van der Waals surface area contributed by atoms with Crippen LogP contribution in [-0.4, -0.2) is 37.3 Å². The minimum absolute atomic E-state index is 0.0211. The molecule has 0 aromatic heterocycles. The van der Waals surface area contributed by atoms with E-state index >= 15 is 0 Å². The molecule has 0 saturated heterocycles. The van der Waals surface area contributed by atoms with E-state index in [1.807, 2.05) is 42.5 Å². The number of aliphatic hydroxyl groups excluding tert-OH is 1. The van der Waals surface area contributed by atoms with Gasteiger partial charge in [0, 0.05) is 24.2 Å². The Morgan fingerprint density at radius 1 is 1.19 bits per heavy atom. The highest BCUT2D eigenvalue weighted by Gasteiger charge is 2.39. The van der Waals surface area contributed by atoms with Crippen molar-refractivity contribution in [2.75, 3.05) is 25.2 Å². The number of carbonyl (C=O) groups excluding carboxylic acids is 1. The molecule has 1 heterocycles. The molecular weight excluding hydrogens is 392 g/mol. The van der Waals surface area contributed by atoms with Crippen molar-refractivity contribution in [3.63, 3.8) is 0 Å². The number of fused-ring (bicyclic) bond motifs is 1. The van der Waals surface area contributed by atoms with E-state index in [9.17, 15) is 15.2 Å². The van der Waals surface area contributed by atoms with Gasteiger partial charge in [0.2, 0.25) is 0 Å². The van der Waals surface area contributed by atoms with Gasteiger partial charge in [-0.15, -0.1) is 0 Å². The van der Waals surface area contributed by atoms with Gasteiger partial charge in [-0.05, 0) is 55.5 Å². The average Bonchev–Trinajstić information content (AvgIpc) is 3.37. The van der Waals surface area contributed by atoms with Crippen LogP contribution in [0.15, 0.2) is 42.5 Å². The maximum Gasteiger partial charge on any atom is 0.173 e. The maximum absolute atomic E-state index is 12.3. The minimum Gasteiger partial charge on any atom is -0.497 e. The molecule has 2 aromatic carbocycles. The second-order valence-electron chi connectivity index (χ2n) is 8.25. The first kappa shape index (κ1) is 21.2. The maximum atomic E-state index is 12.3. The van der Waals surface area contributed by atoms with E-state index in [2.05, 4.69) is 17.9 Å². The third kappa shape index (κ3) is 4.11. The second-order valence-corrected chi connectivity index (χ2v) is 8.25. The van der Waals surface area contributed by atoms with Crippen LogP contribution in [0.2, 0.25) is 0 Å². The van der Waals surface area contributed by atoms with E-state index in [1.165, 1.54) is 0 Å². The summed E-state index contributed by atoms with van der Waals surface area (Å²) in [4.78, 5) is 14.5. The van der Waals surface area contributed by atoms with Gasteiger partial charge in [-0.1, -0.05) is 18.2 Å². The van der Waals surface area contributed by atoms with Crippen molar-refractivity contribution < 1.29 is 19.4 Å². The molecular formula is C25H28N2O4. The van der Waals surface area contributed by atoms with Crippen LogP contribution in [0.25, 0.3) is 0 Å². The fraction of sp³-hybridized carbons (Fsp3) is 0.440. The number of methoxy groups -OCH3 is 1. The summed E-state index contributed by atoms with van der Waals surface area (Å²) >= 11 is 0. The number of benzene rings is 2. The van der Waals surface area contributed by atoms with Crippen molar-refractivity contribution in [2.45, 2.75) is 44.2 Å². The van der Waals surface area contributed by atoms with E-state index < -0.39 is 0 Å². The highest BCUT2D eigenvalue weighted by molar-refractivity contribution is 5.82. The lowest BCUT2D eigenvalue weighted by Gasteiger charge is -2.28. The summed E-state index contributed by atoms with van der Waals surface area (Å²) in [6.45, 7) is 2.87. The van der Waals surface area contributed by atoms with E-state index in [4.69, 9.17) is 9.47 Å². The van der Waals surface area contributed by atoms with Crippen LogP contribution in [0, 0.1) is 17.2 Å². The Morgan fingerprint density at radius 2 is 1.94 bits per heavy atom. The summed E-state index contributed by atoms with van der Waals surface area (Å²) in [5.74, 6) is 1.07. The van der Waals surface area contributed by atoms with Gasteiger partial charge < -0.3 is 19.5 Å². The highest BCUT2D eigenvalue weighted by atomic mass is 16.5. The lowest BCUT2D eigenvalue weighted by Crippen LogP contribution is -2.26. The molecule has 0 radical (unpaired) electrons. The first-order valence-electron chi connectivity index (χ1n) is 10.8. The number of ketones is 1. The number of rotatable bonds is 7. The van der Waals surface area contributed by atoms with Crippen LogP contribution in [0.5, 0.6) is 11.5 Å². The Labute approximate surface area is 183 Å². The molecule has 0 amide bonds. The van der Waals surface area contributed by atoms with Gasteiger partial charge in [-0.25, -0.2) is 0 Å². The van der Waals surface area contributed by atoms with Crippen LogP contribution in [0.4, 0.5) is 5.69 Å². The van der Waals surface area contributed by atoms with Gasteiger partial charge in [-0.2, -0.15) is 5.26 Å². The lowest BCUT2D eigenvalue weighted by molar-refractivity contribution is -0.124. The predicted octanol–water partition coefficient (Wildman–Crippen LogP) is 3.99. The number of hydrogen-bond acceptors (Lipinski definition) is 6. The van der Waals surface area contributed by atoms with Crippen molar-refractivity contribution >= 4 is 11.5 Å². The van der Waals surface area contributed by atoms with Crippen molar-refractivity contribution in [1.82, 2.24) is 0 Å². The molecule has 1 fully saturated rings. The number of aliphatic hydroxyl groups is 1. The SMILES string of the molecule is CCN1c2cc(OC)ccc2C(C#N)C1c1ccc(OCC(=O)C2CC[C@H](O)C2)cc1. The molecule has 2 aromatic rings. The number of carbonyl (C=O) groups is 1. The quantitative estimate of drug-likeness (QED) is 0.729. The van der Waals surface area contributed by atoms with Crippen LogP contribution >= 0.6 is 0 Å². The number of likely N-dealkylation sites (N-methyl/N-ethyl adjacent to an activating group) is 1. The number of nitrogens with zero attached hydrogens (tertiary/aromatic N) is 2. The Morgan fingerprint density at radius 3 is 2.55 bits per heavy atom. The molecule has 4 rings (SSSR count). The molecule has 6 heteroatoms. The first-order valence-corrected chi connectivity index (χ1v) is 10.8. The fourth-order valence-corrected chi connectivity index (χ4v) is 4.83. The number of Topliss-reactive ketones (excluding diaryl/α,β-unsaturated/α-hetero) is 1. The second kappa shape index (κ2) is 8.99. The zero-order chi connectivity index (χ0) is 22.0. The molecule has 31 heavy (non-hydrogen) atoms. The summed E-state index contributed by atoms with van der Waals surface area (Å²) in [6.07, 6.45) is 1.60. The molecule has 4 atom stereocenters. The Balaban J connectivity index is 1.49. The van der Waals surface area contributed by atoms with Gasteiger partial charge in [-0.3, -0.25) is 4.79 Å². The topological polar surface area (TPSA) is 82.8 Å². The molecule has 2 aliphatic rings. The highest BCUT2D eigenvalue weighted by Crippen LogP contribution is 2.49. The number of nitriles is 1. The Hall–Kier alpha value is -3.04. The molecule has 6 nitrogen and oxygen atoms in total. The fourth-order valence-electron chi connectivity index (χ4n) is 4.83.